The molecule has 0 aliphatic rings. The molecule has 112 valence electrons. The largest absolute Gasteiger partial charge is 0.480 e. The smallest absolute Gasteiger partial charge is 0.451 e. The third-order valence-electron chi connectivity index (χ3n) is 2.87. The zero-order chi connectivity index (χ0) is 15.6. The number of anilines is 1. The van der Waals surface area contributed by atoms with Crippen molar-refractivity contribution in [2.45, 2.75) is 25.6 Å². The van der Waals surface area contributed by atoms with Gasteiger partial charge < -0.3 is 10.4 Å². The maximum Gasteiger partial charge on any atom is 0.451 e. The van der Waals surface area contributed by atoms with Gasteiger partial charge in [0.05, 0.1) is 5.52 Å². The molecule has 0 unspecified atom stereocenters. The van der Waals surface area contributed by atoms with Gasteiger partial charge in [-0.25, -0.2) is 14.8 Å². The van der Waals surface area contributed by atoms with Gasteiger partial charge in [0.2, 0.25) is 5.82 Å². The summed E-state index contributed by atoms with van der Waals surface area (Å²) in [5, 5.41) is 11.9. The van der Waals surface area contributed by atoms with Gasteiger partial charge in [-0.05, 0) is 18.6 Å². The minimum absolute atomic E-state index is 0.0996. The Morgan fingerprint density at radius 3 is 2.57 bits per heavy atom. The fourth-order valence-corrected chi connectivity index (χ4v) is 1.82. The Hall–Kier alpha value is -2.38. The van der Waals surface area contributed by atoms with Gasteiger partial charge in [0.25, 0.3) is 0 Å². The van der Waals surface area contributed by atoms with Gasteiger partial charge in [0.15, 0.2) is 0 Å². The Bertz CT molecular complexity index is 673. The fourth-order valence-electron chi connectivity index (χ4n) is 1.82. The Morgan fingerprint density at radius 1 is 1.33 bits per heavy atom. The number of para-hydroxylation sites is 1. The van der Waals surface area contributed by atoms with E-state index in [1.54, 1.807) is 19.1 Å². The third kappa shape index (κ3) is 3.21. The van der Waals surface area contributed by atoms with Crippen LogP contribution in [-0.4, -0.2) is 27.1 Å². The quantitative estimate of drug-likeness (QED) is 0.908. The number of carboxylic acid groups (broad SMARTS) is 1. The van der Waals surface area contributed by atoms with Crippen LogP contribution in [0, 0.1) is 0 Å². The lowest BCUT2D eigenvalue weighted by atomic mass is 10.2. The number of rotatable bonds is 4. The number of hydrogen-bond acceptors (Lipinski definition) is 4. The van der Waals surface area contributed by atoms with E-state index in [-0.39, 0.29) is 17.8 Å². The molecular formula is C13H12F3N3O2. The summed E-state index contributed by atoms with van der Waals surface area (Å²) in [6.45, 7) is 1.61. The molecule has 0 amide bonds. The molecule has 8 heteroatoms. The van der Waals surface area contributed by atoms with Gasteiger partial charge in [0, 0.05) is 5.39 Å². The first kappa shape index (κ1) is 15.0. The number of nitrogens with zero attached hydrogens (tertiary/aromatic N) is 2. The molecule has 1 aromatic carbocycles. The summed E-state index contributed by atoms with van der Waals surface area (Å²) < 4.78 is 38.4. The number of halogens is 3. The van der Waals surface area contributed by atoms with Crippen molar-refractivity contribution in [3.63, 3.8) is 0 Å². The predicted octanol–water partition coefficient (Wildman–Crippen LogP) is 2.92. The van der Waals surface area contributed by atoms with E-state index >= 15 is 0 Å². The average molecular weight is 299 g/mol. The van der Waals surface area contributed by atoms with Crippen molar-refractivity contribution < 1.29 is 23.1 Å². The first-order valence-electron chi connectivity index (χ1n) is 6.16. The summed E-state index contributed by atoms with van der Waals surface area (Å²) in [6.07, 6.45) is -4.50. The van der Waals surface area contributed by atoms with Crippen LogP contribution in [0.15, 0.2) is 24.3 Å². The fraction of sp³-hybridized carbons (Fsp3) is 0.308. The number of fused-ring (bicyclic) bond motifs is 1. The first-order valence-corrected chi connectivity index (χ1v) is 6.16. The molecule has 2 N–H and O–H groups in total. The van der Waals surface area contributed by atoms with Crippen LogP contribution in [-0.2, 0) is 11.0 Å². The van der Waals surface area contributed by atoms with Gasteiger partial charge in [0.1, 0.15) is 11.9 Å². The van der Waals surface area contributed by atoms with Gasteiger partial charge in [-0.1, -0.05) is 19.1 Å². The SMILES string of the molecule is CC[C@@H](Nc1nc(C(F)(F)F)nc2ccccc12)C(=O)O. The summed E-state index contributed by atoms with van der Waals surface area (Å²) in [5.41, 5.74) is 0.0996. The number of hydrogen-bond donors (Lipinski definition) is 2. The number of carboxylic acids is 1. The molecule has 0 spiro atoms. The highest BCUT2D eigenvalue weighted by molar-refractivity contribution is 5.90. The lowest BCUT2D eigenvalue weighted by Gasteiger charge is -2.16. The van der Waals surface area contributed by atoms with Crippen molar-refractivity contribution in [1.82, 2.24) is 9.97 Å². The number of nitrogens with one attached hydrogen (secondary N) is 1. The normalized spacial score (nSPS) is 13.1. The maximum absolute atomic E-state index is 12.8. The number of carbonyl (C=O) groups is 1. The van der Waals surface area contributed by atoms with Crippen LogP contribution in [0.25, 0.3) is 10.9 Å². The van der Waals surface area contributed by atoms with Crippen molar-refractivity contribution >= 4 is 22.7 Å². The average Bonchev–Trinajstić information content (AvgIpc) is 2.42. The minimum Gasteiger partial charge on any atom is -0.480 e. The maximum atomic E-state index is 12.8. The summed E-state index contributed by atoms with van der Waals surface area (Å²) in [5.74, 6) is -2.60. The molecule has 0 aliphatic carbocycles. The topological polar surface area (TPSA) is 75.1 Å². The summed E-state index contributed by atoms with van der Waals surface area (Å²) >= 11 is 0. The van der Waals surface area contributed by atoms with Crippen LogP contribution in [0.2, 0.25) is 0 Å². The first-order chi connectivity index (χ1) is 9.82. The number of aromatic nitrogens is 2. The Labute approximate surface area is 117 Å². The van der Waals surface area contributed by atoms with Crippen LogP contribution < -0.4 is 5.32 Å². The van der Waals surface area contributed by atoms with Gasteiger partial charge in [-0.3, -0.25) is 0 Å². The molecule has 2 aromatic rings. The number of benzene rings is 1. The predicted molar refractivity (Wildman–Crippen MR) is 69.9 cm³/mol. The van der Waals surface area contributed by atoms with E-state index in [1.807, 2.05) is 0 Å². The van der Waals surface area contributed by atoms with E-state index in [4.69, 9.17) is 5.11 Å². The van der Waals surface area contributed by atoms with E-state index < -0.39 is 24.0 Å². The second kappa shape index (κ2) is 5.55. The van der Waals surface area contributed by atoms with E-state index in [1.165, 1.54) is 12.1 Å². The highest BCUT2D eigenvalue weighted by Crippen LogP contribution is 2.30. The Kier molecular flexibility index (Phi) is 3.97. The standard InChI is InChI=1S/C13H12F3N3O2/c1-2-8(11(20)21)17-10-7-5-3-4-6-9(7)18-12(19-10)13(14,15)16/h3-6,8H,2H2,1H3,(H,20,21)(H,17,18,19)/t8-/m1/s1. The highest BCUT2D eigenvalue weighted by atomic mass is 19.4. The molecule has 21 heavy (non-hydrogen) atoms. The molecule has 1 atom stereocenters. The van der Waals surface area contributed by atoms with Crippen molar-refractivity contribution in [1.29, 1.82) is 0 Å². The van der Waals surface area contributed by atoms with Gasteiger partial charge >= 0.3 is 12.1 Å². The lowest BCUT2D eigenvalue weighted by Crippen LogP contribution is -2.29. The lowest BCUT2D eigenvalue weighted by molar-refractivity contribution is -0.144. The molecule has 1 heterocycles. The van der Waals surface area contributed by atoms with Crippen molar-refractivity contribution in [3.05, 3.63) is 30.1 Å². The highest BCUT2D eigenvalue weighted by Gasteiger charge is 2.35. The van der Waals surface area contributed by atoms with Crippen molar-refractivity contribution in [2.75, 3.05) is 5.32 Å². The summed E-state index contributed by atoms with van der Waals surface area (Å²) in [4.78, 5) is 17.9. The molecule has 0 aliphatic heterocycles. The Balaban J connectivity index is 2.57. The van der Waals surface area contributed by atoms with Crippen LogP contribution in [0.4, 0.5) is 19.0 Å². The molecule has 1 aromatic heterocycles. The third-order valence-corrected chi connectivity index (χ3v) is 2.87. The second-order valence-corrected chi connectivity index (χ2v) is 4.35. The monoisotopic (exact) mass is 299 g/mol. The zero-order valence-corrected chi connectivity index (χ0v) is 11.0. The number of aliphatic carboxylic acids is 1. The van der Waals surface area contributed by atoms with Crippen molar-refractivity contribution in [3.8, 4) is 0 Å². The molecule has 2 rings (SSSR count). The molecule has 0 radical (unpaired) electrons. The van der Waals surface area contributed by atoms with E-state index in [0.29, 0.717) is 5.39 Å². The minimum atomic E-state index is -4.70. The van der Waals surface area contributed by atoms with E-state index in [0.717, 1.165) is 0 Å². The van der Waals surface area contributed by atoms with Crippen molar-refractivity contribution in [2.24, 2.45) is 0 Å². The molecule has 0 saturated carbocycles. The summed E-state index contributed by atoms with van der Waals surface area (Å²) in [7, 11) is 0. The molecule has 0 fully saturated rings. The van der Waals surface area contributed by atoms with Crippen LogP contribution in [0.3, 0.4) is 0 Å². The van der Waals surface area contributed by atoms with E-state index in [2.05, 4.69) is 15.3 Å². The van der Waals surface area contributed by atoms with E-state index in [9.17, 15) is 18.0 Å². The van der Waals surface area contributed by atoms with Gasteiger partial charge in [-0.2, -0.15) is 13.2 Å². The molecule has 0 saturated heterocycles. The second-order valence-electron chi connectivity index (χ2n) is 4.35. The van der Waals surface area contributed by atoms with Crippen LogP contribution in [0.5, 0.6) is 0 Å². The number of alkyl halides is 3. The zero-order valence-electron chi connectivity index (χ0n) is 11.0. The molecular weight excluding hydrogens is 287 g/mol. The molecule has 0 bridgehead atoms. The van der Waals surface area contributed by atoms with Crippen LogP contribution >= 0.6 is 0 Å². The molecule has 5 nitrogen and oxygen atoms in total. The van der Waals surface area contributed by atoms with Gasteiger partial charge in [-0.15, -0.1) is 0 Å². The van der Waals surface area contributed by atoms with Crippen LogP contribution in [0.1, 0.15) is 19.2 Å². The summed E-state index contributed by atoms with van der Waals surface area (Å²) in [6, 6.07) is 5.09. The Morgan fingerprint density at radius 2 is 2.00 bits per heavy atom.